The molecule has 2 unspecified atom stereocenters. The van der Waals surface area contributed by atoms with E-state index in [1.54, 1.807) is 6.92 Å². The van der Waals surface area contributed by atoms with E-state index < -0.39 is 62.0 Å². The molecule has 1 aliphatic rings. The van der Waals surface area contributed by atoms with Crippen molar-refractivity contribution in [2.24, 2.45) is 11.8 Å². The van der Waals surface area contributed by atoms with Gasteiger partial charge >= 0.3 is 0 Å². The molecule has 248 valence electrons. The highest BCUT2D eigenvalue weighted by atomic mass is 32.2. The number of carbonyl (C=O) groups excluding carboxylic acids is 1. The van der Waals surface area contributed by atoms with Crippen molar-refractivity contribution in [2.75, 3.05) is 45.2 Å². The number of aliphatic hydroxyl groups excluding tert-OH is 10. The Balaban J connectivity index is 2.09. The van der Waals surface area contributed by atoms with Crippen LogP contribution in [0.5, 0.6) is 5.75 Å². The maximum absolute atomic E-state index is 11.5. The van der Waals surface area contributed by atoms with Crippen LogP contribution in [0.15, 0.2) is 18.2 Å². The lowest BCUT2D eigenvalue weighted by molar-refractivity contribution is -0.130. The van der Waals surface area contributed by atoms with Gasteiger partial charge in [0.2, 0.25) is 0 Å². The van der Waals surface area contributed by atoms with E-state index in [-0.39, 0.29) is 31.4 Å². The number of hydrogen-bond donors (Lipinski definition) is 10. The first kappa shape index (κ1) is 37.8. The number of benzene rings is 1. The number of fused-ring (bicyclic) bond motifs is 1. The molecule has 0 saturated carbocycles. The Morgan fingerprint density at radius 2 is 1.35 bits per heavy atom. The molecular formula is C29H49NO12S. The number of thioether (sulfide) groups is 1. The maximum Gasteiger partial charge on any atom is 0.185 e. The van der Waals surface area contributed by atoms with Gasteiger partial charge in [0.05, 0.1) is 25.4 Å². The molecule has 43 heavy (non-hydrogen) atoms. The van der Waals surface area contributed by atoms with E-state index in [2.05, 4.69) is 6.92 Å². The Bertz CT molecular complexity index is 943. The Morgan fingerprint density at radius 1 is 0.837 bits per heavy atom. The van der Waals surface area contributed by atoms with Gasteiger partial charge in [-0.25, -0.2) is 0 Å². The average molecular weight is 636 g/mol. The lowest BCUT2D eigenvalue weighted by atomic mass is 9.75. The van der Waals surface area contributed by atoms with Crippen LogP contribution in [0.2, 0.25) is 0 Å². The van der Waals surface area contributed by atoms with Gasteiger partial charge in [0.15, 0.2) is 5.12 Å². The molecule has 0 fully saturated rings. The maximum atomic E-state index is 11.5. The van der Waals surface area contributed by atoms with Crippen LogP contribution >= 0.6 is 11.8 Å². The highest BCUT2D eigenvalue weighted by Crippen LogP contribution is 2.36. The van der Waals surface area contributed by atoms with Gasteiger partial charge in [0.25, 0.3) is 0 Å². The molecule has 0 aromatic heterocycles. The molecule has 0 bridgehead atoms. The van der Waals surface area contributed by atoms with E-state index >= 15 is 0 Å². The van der Waals surface area contributed by atoms with Crippen molar-refractivity contribution in [3.63, 3.8) is 0 Å². The summed E-state index contributed by atoms with van der Waals surface area (Å²) >= 11 is 1.36. The fourth-order valence-corrected chi connectivity index (χ4v) is 6.14. The fourth-order valence-electron chi connectivity index (χ4n) is 5.30. The summed E-state index contributed by atoms with van der Waals surface area (Å²) in [6.45, 7) is 1.36. The molecule has 0 amide bonds. The molecule has 10 N–H and O–H groups in total. The van der Waals surface area contributed by atoms with Gasteiger partial charge < -0.3 is 55.8 Å². The Kier molecular flexibility index (Phi) is 16.3. The first-order valence-electron chi connectivity index (χ1n) is 14.6. The normalized spacial score (nSPS) is 22.6. The van der Waals surface area contributed by atoms with E-state index in [1.807, 2.05) is 18.2 Å². The minimum atomic E-state index is -1.86. The second-order valence-electron chi connectivity index (χ2n) is 11.3. The number of nitrogens with zero attached hydrogens (tertiary/aromatic N) is 1. The van der Waals surface area contributed by atoms with Crippen molar-refractivity contribution < 1.29 is 60.6 Å². The number of ether oxygens (including phenoxy) is 1. The second-order valence-corrected chi connectivity index (χ2v) is 12.5. The van der Waals surface area contributed by atoms with Gasteiger partial charge in [-0.2, -0.15) is 0 Å². The highest BCUT2D eigenvalue weighted by molar-refractivity contribution is 8.13. The molecule has 0 radical (unpaired) electrons. The van der Waals surface area contributed by atoms with E-state index in [4.69, 9.17) is 14.9 Å². The molecule has 1 aromatic rings. The number of aliphatic hydroxyl groups is 10. The topological polar surface area (TPSA) is 232 Å². The van der Waals surface area contributed by atoms with Crippen molar-refractivity contribution in [1.29, 1.82) is 0 Å². The molecule has 1 aromatic carbocycles. The average Bonchev–Trinajstić information content (AvgIpc) is 3.00. The van der Waals surface area contributed by atoms with Gasteiger partial charge in [0.1, 0.15) is 49.0 Å². The number of carbonyl (C=O) groups is 1. The van der Waals surface area contributed by atoms with E-state index in [0.29, 0.717) is 17.6 Å². The van der Waals surface area contributed by atoms with Crippen LogP contribution < -0.4 is 4.74 Å². The molecule has 0 spiro atoms. The SMILES string of the molecule is CCC1Cc2cc(OCCN(C[C@@H](O)[C@@H](O)[C@H](O)[C@H](O)CO)C[C@@H](O)[C@@H](O)[C@H](O)[C@H](O)CO)ccc2CC1CSC(C)=O. The van der Waals surface area contributed by atoms with Gasteiger partial charge in [-0.1, -0.05) is 31.2 Å². The fraction of sp³-hybridized carbons (Fsp3) is 0.759. The van der Waals surface area contributed by atoms with Crippen LogP contribution in [-0.4, -0.2) is 155 Å². The van der Waals surface area contributed by atoms with Crippen molar-refractivity contribution in [1.82, 2.24) is 4.90 Å². The summed E-state index contributed by atoms with van der Waals surface area (Å²) < 4.78 is 5.94. The number of hydrogen-bond acceptors (Lipinski definition) is 14. The van der Waals surface area contributed by atoms with Crippen LogP contribution in [0.25, 0.3) is 0 Å². The first-order valence-corrected chi connectivity index (χ1v) is 15.6. The summed E-state index contributed by atoms with van der Waals surface area (Å²) in [5, 5.41) is 98.9. The van der Waals surface area contributed by atoms with Gasteiger partial charge in [-0.15, -0.1) is 0 Å². The van der Waals surface area contributed by atoms with Crippen molar-refractivity contribution >= 4 is 16.9 Å². The minimum Gasteiger partial charge on any atom is -0.492 e. The van der Waals surface area contributed by atoms with Crippen LogP contribution in [0.3, 0.4) is 0 Å². The molecule has 0 heterocycles. The van der Waals surface area contributed by atoms with Crippen molar-refractivity contribution in [2.45, 2.75) is 81.9 Å². The van der Waals surface area contributed by atoms with Crippen LogP contribution in [0.1, 0.15) is 31.4 Å². The zero-order valence-electron chi connectivity index (χ0n) is 24.7. The standard InChI is InChI=1S/C29H49NO12S/c1-3-17-8-19-10-21(5-4-18(19)9-20(17)15-43-16(2)33)42-7-6-30(11-22(34)26(38)28(40)24(36)13-31)12-23(35)27(39)29(41)25(37)14-32/h4-5,10,17,20,22-29,31-32,34-41H,3,6-9,11-15H2,1-2H3/t17?,20?,22-,23-,24-,25-,26-,27-,28-,29-/m1/s1. The van der Waals surface area contributed by atoms with Crippen molar-refractivity contribution in [3.8, 4) is 5.75 Å². The quantitative estimate of drug-likeness (QED) is 0.0744. The molecule has 0 saturated heterocycles. The van der Waals surface area contributed by atoms with Gasteiger partial charge in [-0.3, -0.25) is 9.69 Å². The van der Waals surface area contributed by atoms with Gasteiger partial charge in [-0.05, 0) is 47.9 Å². The molecule has 0 aliphatic heterocycles. The Labute approximate surface area is 256 Å². The summed E-state index contributed by atoms with van der Waals surface area (Å²) in [7, 11) is 0. The monoisotopic (exact) mass is 635 g/mol. The molecular weight excluding hydrogens is 586 g/mol. The molecule has 1 aliphatic carbocycles. The summed E-state index contributed by atoms with van der Waals surface area (Å²) in [6.07, 6.45) is -11.5. The van der Waals surface area contributed by atoms with Crippen LogP contribution in [0.4, 0.5) is 0 Å². The third-order valence-electron chi connectivity index (χ3n) is 8.05. The largest absolute Gasteiger partial charge is 0.492 e. The summed E-state index contributed by atoms with van der Waals surface area (Å²) in [6, 6.07) is 5.80. The lowest BCUT2D eigenvalue weighted by Crippen LogP contribution is -2.53. The zero-order chi connectivity index (χ0) is 32.3. The van der Waals surface area contributed by atoms with Gasteiger partial charge in [0, 0.05) is 32.3 Å². The zero-order valence-corrected chi connectivity index (χ0v) is 25.5. The predicted octanol–water partition coefficient (Wildman–Crippen LogP) is -2.74. The Hall–Kier alpha value is -1.40. The lowest BCUT2D eigenvalue weighted by Gasteiger charge is -2.33. The molecule has 14 heteroatoms. The summed E-state index contributed by atoms with van der Waals surface area (Å²) in [5.41, 5.74) is 2.37. The second kappa shape index (κ2) is 18.5. The predicted molar refractivity (Wildman–Crippen MR) is 158 cm³/mol. The highest BCUT2D eigenvalue weighted by Gasteiger charge is 2.34. The van der Waals surface area contributed by atoms with E-state index in [9.17, 15) is 45.6 Å². The number of rotatable bonds is 19. The third-order valence-corrected chi connectivity index (χ3v) is 9.05. The Morgan fingerprint density at radius 3 is 1.84 bits per heavy atom. The third kappa shape index (κ3) is 11.5. The van der Waals surface area contributed by atoms with Crippen LogP contribution in [0, 0.1) is 11.8 Å². The molecule has 10 atom stereocenters. The van der Waals surface area contributed by atoms with E-state index in [1.165, 1.54) is 22.2 Å². The summed E-state index contributed by atoms with van der Waals surface area (Å²) in [4.78, 5) is 12.9. The van der Waals surface area contributed by atoms with Crippen molar-refractivity contribution in [3.05, 3.63) is 29.3 Å². The summed E-state index contributed by atoms with van der Waals surface area (Å²) in [5.74, 6) is 2.22. The van der Waals surface area contributed by atoms with E-state index in [0.717, 1.165) is 30.6 Å². The van der Waals surface area contributed by atoms with Crippen LogP contribution in [-0.2, 0) is 17.6 Å². The molecule has 2 rings (SSSR count). The molecule has 13 nitrogen and oxygen atoms in total. The minimum absolute atomic E-state index is 0.0448. The first-order chi connectivity index (χ1) is 20.3. The smallest absolute Gasteiger partial charge is 0.185 e.